The lowest BCUT2D eigenvalue weighted by Crippen LogP contribution is -2.16. The van der Waals surface area contributed by atoms with Gasteiger partial charge in [0.25, 0.3) is 5.91 Å². The fourth-order valence-electron chi connectivity index (χ4n) is 3.76. The van der Waals surface area contributed by atoms with Crippen molar-refractivity contribution in [2.75, 3.05) is 5.32 Å². The highest BCUT2D eigenvalue weighted by atomic mass is 16.5. The molecule has 1 heterocycles. The lowest BCUT2D eigenvalue weighted by Gasteiger charge is -2.19. The number of amides is 1. The average molecular weight is 442 g/mol. The summed E-state index contributed by atoms with van der Waals surface area (Å²) in [6.07, 6.45) is 0.955. The van der Waals surface area contributed by atoms with Crippen LogP contribution < -0.4 is 10.1 Å². The number of aryl methyl sites for hydroxylation is 1. The first kappa shape index (κ1) is 22.6. The van der Waals surface area contributed by atoms with E-state index in [-0.39, 0.29) is 11.3 Å². The first-order valence-corrected chi connectivity index (χ1v) is 11.4. The second-order valence-electron chi connectivity index (χ2n) is 9.29. The summed E-state index contributed by atoms with van der Waals surface area (Å²) in [5.41, 5.74) is 4.89. The molecule has 5 heteroatoms. The van der Waals surface area contributed by atoms with Gasteiger partial charge in [-0.2, -0.15) is 0 Å². The van der Waals surface area contributed by atoms with E-state index in [1.807, 2.05) is 60.7 Å². The second-order valence-corrected chi connectivity index (χ2v) is 9.29. The number of para-hydroxylation sites is 2. The summed E-state index contributed by atoms with van der Waals surface area (Å²) < 4.78 is 7.97. The molecule has 0 saturated carbocycles. The summed E-state index contributed by atoms with van der Waals surface area (Å²) >= 11 is 0. The quantitative estimate of drug-likeness (QED) is 0.353. The minimum Gasteiger partial charge on any atom is -0.489 e. The fraction of sp³-hybridized carbons (Fsp3) is 0.286. The van der Waals surface area contributed by atoms with Gasteiger partial charge in [0.15, 0.2) is 0 Å². The predicted molar refractivity (Wildman–Crippen MR) is 134 cm³/mol. The van der Waals surface area contributed by atoms with Crippen molar-refractivity contribution >= 4 is 22.9 Å². The summed E-state index contributed by atoms with van der Waals surface area (Å²) in [5, 5.41) is 2.98. The van der Waals surface area contributed by atoms with E-state index in [0.29, 0.717) is 18.1 Å². The molecular weight excluding hydrogens is 410 g/mol. The predicted octanol–water partition coefficient (Wildman–Crippen LogP) is 6.58. The molecule has 170 valence electrons. The minimum absolute atomic E-state index is 0.120. The zero-order valence-corrected chi connectivity index (χ0v) is 19.8. The number of rotatable bonds is 7. The van der Waals surface area contributed by atoms with Crippen LogP contribution in [0.4, 0.5) is 5.95 Å². The highest BCUT2D eigenvalue weighted by Gasteiger charge is 2.15. The van der Waals surface area contributed by atoms with Crippen molar-refractivity contribution in [2.24, 2.45) is 0 Å². The van der Waals surface area contributed by atoms with Crippen molar-refractivity contribution in [3.63, 3.8) is 0 Å². The number of aromatic nitrogens is 2. The minimum atomic E-state index is -0.173. The average Bonchev–Trinajstić information content (AvgIpc) is 3.15. The molecule has 0 saturated heterocycles. The molecule has 0 aliphatic rings. The van der Waals surface area contributed by atoms with Gasteiger partial charge in [-0.3, -0.25) is 10.1 Å². The van der Waals surface area contributed by atoms with E-state index in [0.717, 1.165) is 35.3 Å². The number of nitrogens with one attached hydrogen (secondary N) is 1. The van der Waals surface area contributed by atoms with E-state index in [1.54, 1.807) is 0 Å². The van der Waals surface area contributed by atoms with Gasteiger partial charge in [-0.1, -0.05) is 64.1 Å². The maximum atomic E-state index is 12.9. The van der Waals surface area contributed by atoms with Crippen LogP contribution in [0.5, 0.6) is 5.75 Å². The van der Waals surface area contributed by atoms with E-state index in [9.17, 15) is 4.79 Å². The molecule has 0 spiro atoms. The molecule has 1 N–H and O–H groups in total. The molecule has 0 aliphatic heterocycles. The van der Waals surface area contributed by atoms with Crippen LogP contribution in [0.3, 0.4) is 0 Å². The Hall–Kier alpha value is -3.60. The van der Waals surface area contributed by atoms with Crippen molar-refractivity contribution in [1.82, 2.24) is 9.55 Å². The number of hydrogen-bond donors (Lipinski definition) is 1. The van der Waals surface area contributed by atoms with Crippen molar-refractivity contribution in [3.8, 4) is 5.75 Å². The maximum absolute atomic E-state index is 12.9. The van der Waals surface area contributed by atoms with Crippen molar-refractivity contribution in [2.45, 2.75) is 52.7 Å². The van der Waals surface area contributed by atoms with E-state index >= 15 is 0 Å². The van der Waals surface area contributed by atoms with Crippen LogP contribution in [0.15, 0.2) is 72.8 Å². The Kier molecular flexibility index (Phi) is 6.50. The molecule has 0 atom stereocenters. The summed E-state index contributed by atoms with van der Waals surface area (Å²) in [6.45, 7) is 9.94. The largest absolute Gasteiger partial charge is 0.489 e. The van der Waals surface area contributed by atoms with E-state index in [2.05, 4.69) is 54.7 Å². The lowest BCUT2D eigenvalue weighted by molar-refractivity contribution is 0.102. The molecule has 0 fully saturated rings. The Labute approximate surface area is 195 Å². The molecule has 0 aliphatic carbocycles. The van der Waals surface area contributed by atoms with Crippen molar-refractivity contribution < 1.29 is 9.53 Å². The second kappa shape index (κ2) is 9.49. The van der Waals surface area contributed by atoms with Gasteiger partial charge in [0.2, 0.25) is 5.95 Å². The number of nitrogens with zero attached hydrogens (tertiary/aromatic N) is 2. The third-order valence-electron chi connectivity index (χ3n) is 5.67. The zero-order chi connectivity index (χ0) is 23.4. The summed E-state index contributed by atoms with van der Waals surface area (Å²) in [7, 11) is 0. The van der Waals surface area contributed by atoms with Gasteiger partial charge in [0.05, 0.1) is 11.0 Å². The molecule has 1 aromatic heterocycles. The number of ether oxygens (including phenoxy) is 1. The Morgan fingerprint density at radius 2 is 1.67 bits per heavy atom. The van der Waals surface area contributed by atoms with Crippen LogP contribution in [0, 0.1) is 0 Å². The normalized spacial score (nSPS) is 11.5. The van der Waals surface area contributed by atoms with E-state index in [4.69, 9.17) is 4.74 Å². The Bertz CT molecular complexity index is 1230. The van der Waals surface area contributed by atoms with Crippen molar-refractivity contribution in [1.29, 1.82) is 0 Å². The van der Waals surface area contributed by atoms with Crippen LogP contribution in [0.2, 0.25) is 0 Å². The first-order valence-electron chi connectivity index (χ1n) is 11.4. The Balaban J connectivity index is 1.40. The van der Waals surface area contributed by atoms with Gasteiger partial charge in [0, 0.05) is 12.1 Å². The number of anilines is 1. The van der Waals surface area contributed by atoms with Gasteiger partial charge in [0.1, 0.15) is 12.4 Å². The smallest absolute Gasteiger partial charge is 0.257 e. The highest BCUT2D eigenvalue weighted by Crippen LogP contribution is 2.25. The number of carbonyl (C=O) groups is 1. The molecular formula is C28H31N3O2. The lowest BCUT2D eigenvalue weighted by atomic mass is 9.87. The number of fused-ring (bicyclic) bond motifs is 1. The van der Waals surface area contributed by atoms with Gasteiger partial charge in [-0.15, -0.1) is 0 Å². The summed E-state index contributed by atoms with van der Waals surface area (Å²) in [6, 6.07) is 23.6. The van der Waals surface area contributed by atoms with Gasteiger partial charge < -0.3 is 9.30 Å². The van der Waals surface area contributed by atoms with Crippen molar-refractivity contribution in [3.05, 3.63) is 89.5 Å². The van der Waals surface area contributed by atoms with Gasteiger partial charge in [-0.05, 0) is 59.4 Å². The molecule has 0 bridgehead atoms. The number of benzene rings is 3. The van der Waals surface area contributed by atoms with Crippen LogP contribution in [0.25, 0.3) is 11.0 Å². The summed E-state index contributed by atoms with van der Waals surface area (Å²) in [4.78, 5) is 17.5. The van der Waals surface area contributed by atoms with Crippen LogP contribution >= 0.6 is 0 Å². The maximum Gasteiger partial charge on any atom is 0.257 e. The third kappa shape index (κ3) is 5.25. The Morgan fingerprint density at radius 3 is 2.33 bits per heavy atom. The van der Waals surface area contributed by atoms with Crippen LogP contribution in [-0.4, -0.2) is 15.5 Å². The molecule has 0 unspecified atom stereocenters. The summed E-state index contributed by atoms with van der Waals surface area (Å²) in [5.74, 6) is 1.24. The molecule has 4 aromatic rings. The zero-order valence-electron chi connectivity index (χ0n) is 19.8. The van der Waals surface area contributed by atoms with E-state index < -0.39 is 0 Å². The standard InChI is InChI=1S/C28H31N3O2/c1-5-18-31-25-9-7-6-8-24(25)29-27(31)30-26(32)21-12-10-20(11-13-21)19-33-23-16-14-22(15-17-23)28(2,3)4/h6-17H,5,18-19H2,1-4H3,(H,29,30,32). The van der Waals surface area contributed by atoms with Crippen LogP contribution in [0.1, 0.15) is 55.6 Å². The number of carbonyl (C=O) groups excluding carboxylic acids is 1. The fourth-order valence-corrected chi connectivity index (χ4v) is 3.76. The Morgan fingerprint density at radius 1 is 0.970 bits per heavy atom. The molecule has 5 nitrogen and oxygen atoms in total. The molecule has 4 rings (SSSR count). The monoisotopic (exact) mass is 441 g/mol. The SMILES string of the molecule is CCCn1c(NC(=O)c2ccc(COc3ccc(C(C)(C)C)cc3)cc2)nc2ccccc21. The van der Waals surface area contributed by atoms with Gasteiger partial charge in [-0.25, -0.2) is 4.98 Å². The number of imidazole rings is 1. The molecule has 3 aromatic carbocycles. The third-order valence-corrected chi connectivity index (χ3v) is 5.67. The highest BCUT2D eigenvalue weighted by molar-refractivity contribution is 6.04. The molecule has 33 heavy (non-hydrogen) atoms. The van der Waals surface area contributed by atoms with E-state index in [1.165, 1.54) is 5.56 Å². The molecule has 0 radical (unpaired) electrons. The first-order chi connectivity index (χ1) is 15.8. The molecule has 1 amide bonds. The number of hydrogen-bond acceptors (Lipinski definition) is 3. The van der Waals surface area contributed by atoms with Gasteiger partial charge >= 0.3 is 0 Å². The van der Waals surface area contributed by atoms with Crippen LogP contribution in [-0.2, 0) is 18.6 Å². The topological polar surface area (TPSA) is 56.2 Å².